The number of piperidine rings is 1. The maximum absolute atomic E-state index is 10.7. The lowest BCUT2D eigenvalue weighted by atomic mass is 10.1. The summed E-state index contributed by atoms with van der Waals surface area (Å²) in [6.07, 6.45) is 5.99. The first kappa shape index (κ1) is 8.60. The summed E-state index contributed by atoms with van der Waals surface area (Å²) in [5.74, 6) is 1.57. The maximum atomic E-state index is 10.7. The van der Waals surface area contributed by atoms with Gasteiger partial charge in [-0.05, 0) is 12.3 Å². The van der Waals surface area contributed by atoms with Crippen molar-refractivity contribution >= 4 is 11.8 Å². The number of rotatable bonds is 1. The molecule has 2 N–H and O–H groups in total. The van der Waals surface area contributed by atoms with Crippen molar-refractivity contribution in [3.05, 3.63) is 0 Å². The van der Waals surface area contributed by atoms with E-state index in [0.29, 0.717) is 19.4 Å². The standard InChI is InChI=1S/C8H10N2O2/c1-2-7(11)10-6-3-4-8(12)9-5-6/h1,6H,3-5H2,(H,9,12)(H,10,11). The van der Waals surface area contributed by atoms with Crippen molar-refractivity contribution in [3.63, 3.8) is 0 Å². The van der Waals surface area contributed by atoms with Crippen LogP contribution in [0.4, 0.5) is 0 Å². The van der Waals surface area contributed by atoms with Crippen LogP contribution in [-0.4, -0.2) is 24.4 Å². The number of carbonyl (C=O) groups is 2. The van der Waals surface area contributed by atoms with E-state index in [4.69, 9.17) is 6.42 Å². The van der Waals surface area contributed by atoms with E-state index in [0.717, 1.165) is 0 Å². The van der Waals surface area contributed by atoms with Crippen LogP contribution < -0.4 is 10.6 Å². The Morgan fingerprint density at radius 3 is 3.00 bits per heavy atom. The molecule has 0 spiro atoms. The Balaban J connectivity index is 2.32. The molecule has 64 valence electrons. The van der Waals surface area contributed by atoms with E-state index in [-0.39, 0.29) is 11.9 Å². The average Bonchev–Trinajstić information content (AvgIpc) is 2.09. The van der Waals surface area contributed by atoms with Crippen LogP contribution in [0.1, 0.15) is 12.8 Å². The molecule has 0 aliphatic carbocycles. The summed E-state index contributed by atoms with van der Waals surface area (Å²) in [5.41, 5.74) is 0. The lowest BCUT2D eigenvalue weighted by Crippen LogP contribution is -2.47. The van der Waals surface area contributed by atoms with Crippen molar-refractivity contribution in [1.29, 1.82) is 0 Å². The molecular weight excluding hydrogens is 156 g/mol. The summed E-state index contributed by atoms with van der Waals surface area (Å²) in [7, 11) is 0. The van der Waals surface area contributed by atoms with Gasteiger partial charge in [-0.1, -0.05) is 0 Å². The van der Waals surface area contributed by atoms with Gasteiger partial charge >= 0.3 is 0 Å². The van der Waals surface area contributed by atoms with Gasteiger partial charge < -0.3 is 10.6 Å². The Morgan fingerprint density at radius 1 is 1.75 bits per heavy atom. The molecule has 2 amide bonds. The van der Waals surface area contributed by atoms with Gasteiger partial charge in [-0.15, -0.1) is 6.42 Å². The van der Waals surface area contributed by atoms with Crippen molar-refractivity contribution < 1.29 is 9.59 Å². The quantitative estimate of drug-likeness (QED) is 0.492. The van der Waals surface area contributed by atoms with Crippen molar-refractivity contribution in [2.45, 2.75) is 18.9 Å². The molecule has 4 nitrogen and oxygen atoms in total. The predicted molar refractivity (Wildman–Crippen MR) is 43.0 cm³/mol. The van der Waals surface area contributed by atoms with E-state index >= 15 is 0 Å². The number of hydrogen-bond donors (Lipinski definition) is 2. The van der Waals surface area contributed by atoms with E-state index in [2.05, 4.69) is 10.6 Å². The van der Waals surface area contributed by atoms with Crippen molar-refractivity contribution in [3.8, 4) is 12.3 Å². The fourth-order valence-electron chi connectivity index (χ4n) is 1.08. The van der Waals surface area contributed by atoms with Gasteiger partial charge in [-0.25, -0.2) is 0 Å². The third kappa shape index (κ3) is 2.27. The molecule has 1 heterocycles. The zero-order valence-corrected chi connectivity index (χ0v) is 6.59. The topological polar surface area (TPSA) is 58.2 Å². The molecule has 12 heavy (non-hydrogen) atoms. The highest BCUT2D eigenvalue weighted by atomic mass is 16.2. The highest BCUT2D eigenvalue weighted by molar-refractivity contribution is 5.93. The largest absolute Gasteiger partial charge is 0.354 e. The lowest BCUT2D eigenvalue weighted by Gasteiger charge is -2.22. The summed E-state index contributed by atoms with van der Waals surface area (Å²) in [6, 6.07) is -0.00810. The van der Waals surface area contributed by atoms with Crippen LogP contribution in [0.5, 0.6) is 0 Å². The molecule has 0 radical (unpaired) electrons. The minimum absolute atomic E-state index is 0.00810. The third-order valence-corrected chi connectivity index (χ3v) is 1.73. The molecule has 1 aliphatic heterocycles. The second kappa shape index (κ2) is 3.77. The molecule has 1 unspecified atom stereocenters. The minimum atomic E-state index is -0.420. The van der Waals surface area contributed by atoms with Gasteiger partial charge in [0.2, 0.25) is 5.91 Å². The first-order chi connectivity index (χ1) is 5.72. The SMILES string of the molecule is C#CC(=O)NC1CCC(=O)NC1. The van der Waals surface area contributed by atoms with Crippen molar-refractivity contribution in [2.75, 3.05) is 6.54 Å². The second-order valence-corrected chi connectivity index (χ2v) is 2.66. The normalized spacial score (nSPS) is 22.2. The molecule has 0 aromatic carbocycles. The Morgan fingerprint density at radius 2 is 2.50 bits per heavy atom. The molecule has 1 atom stereocenters. The molecule has 1 saturated heterocycles. The first-order valence-electron chi connectivity index (χ1n) is 3.76. The van der Waals surface area contributed by atoms with E-state index in [9.17, 15) is 9.59 Å². The molecule has 0 aromatic heterocycles. The smallest absolute Gasteiger partial charge is 0.295 e. The summed E-state index contributed by atoms with van der Waals surface area (Å²) >= 11 is 0. The monoisotopic (exact) mass is 166 g/mol. The minimum Gasteiger partial charge on any atom is -0.354 e. The summed E-state index contributed by atoms with van der Waals surface area (Å²) in [5, 5.41) is 5.24. The van der Waals surface area contributed by atoms with Crippen LogP contribution in [-0.2, 0) is 9.59 Å². The van der Waals surface area contributed by atoms with Gasteiger partial charge in [-0.3, -0.25) is 9.59 Å². The fraction of sp³-hybridized carbons (Fsp3) is 0.500. The van der Waals surface area contributed by atoms with Crippen LogP contribution in [0.25, 0.3) is 0 Å². The van der Waals surface area contributed by atoms with Gasteiger partial charge in [0.15, 0.2) is 0 Å². The van der Waals surface area contributed by atoms with Gasteiger partial charge in [-0.2, -0.15) is 0 Å². The fourth-order valence-corrected chi connectivity index (χ4v) is 1.08. The molecule has 0 aromatic rings. The van der Waals surface area contributed by atoms with E-state index in [1.165, 1.54) is 0 Å². The molecule has 0 saturated carbocycles. The number of hydrogen-bond acceptors (Lipinski definition) is 2. The summed E-state index contributed by atoms with van der Waals surface area (Å²) < 4.78 is 0. The van der Waals surface area contributed by atoms with Gasteiger partial charge in [0.25, 0.3) is 5.91 Å². The van der Waals surface area contributed by atoms with Crippen LogP contribution >= 0.6 is 0 Å². The molecular formula is C8H10N2O2. The molecule has 1 fully saturated rings. The van der Waals surface area contributed by atoms with Gasteiger partial charge in [0.1, 0.15) is 0 Å². The lowest BCUT2D eigenvalue weighted by molar-refractivity contribution is -0.124. The molecule has 1 rings (SSSR count). The van der Waals surface area contributed by atoms with Gasteiger partial charge in [0.05, 0.1) is 0 Å². The second-order valence-electron chi connectivity index (χ2n) is 2.66. The average molecular weight is 166 g/mol. The Labute approximate surface area is 70.7 Å². The van der Waals surface area contributed by atoms with E-state index in [1.54, 1.807) is 0 Å². The highest BCUT2D eigenvalue weighted by Crippen LogP contribution is 2.01. The molecule has 4 heteroatoms. The zero-order chi connectivity index (χ0) is 8.97. The molecule has 0 bridgehead atoms. The van der Waals surface area contributed by atoms with Crippen LogP contribution in [0, 0.1) is 12.3 Å². The third-order valence-electron chi connectivity index (χ3n) is 1.73. The van der Waals surface area contributed by atoms with E-state index < -0.39 is 5.91 Å². The predicted octanol–water partition coefficient (Wildman–Crippen LogP) is -0.986. The number of nitrogens with one attached hydrogen (secondary N) is 2. The van der Waals surface area contributed by atoms with Crippen LogP contribution in [0.3, 0.4) is 0 Å². The zero-order valence-electron chi connectivity index (χ0n) is 6.59. The molecule has 1 aliphatic rings. The Bertz CT molecular complexity index is 232. The van der Waals surface area contributed by atoms with Crippen molar-refractivity contribution in [2.24, 2.45) is 0 Å². The van der Waals surface area contributed by atoms with Crippen LogP contribution in [0.2, 0.25) is 0 Å². The van der Waals surface area contributed by atoms with Crippen LogP contribution in [0.15, 0.2) is 0 Å². The Hall–Kier alpha value is -1.50. The summed E-state index contributed by atoms with van der Waals surface area (Å²) in [4.78, 5) is 21.4. The van der Waals surface area contributed by atoms with Crippen molar-refractivity contribution in [1.82, 2.24) is 10.6 Å². The summed E-state index contributed by atoms with van der Waals surface area (Å²) in [6.45, 7) is 0.478. The number of terminal acetylenes is 1. The van der Waals surface area contributed by atoms with Gasteiger partial charge in [0, 0.05) is 19.0 Å². The first-order valence-corrected chi connectivity index (χ1v) is 3.76. The van der Waals surface area contributed by atoms with E-state index in [1.807, 2.05) is 5.92 Å². The number of carbonyl (C=O) groups excluding carboxylic acids is 2. The Kier molecular flexibility index (Phi) is 2.70. The maximum Gasteiger partial charge on any atom is 0.295 e. The number of amides is 2. The highest BCUT2D eigenvalue weighted by Gasteiger charge is 2.18.